The molecule has 0 unspecified atom stereocenters. The topological polar surface area (TPSA) is 50.7 Å². The summed E-state index contributed by atoms with van der Waals surface area (Å²) >= 11 is 3.31. The molecule has 1 aliphatic rings. The molecule has 0 aliphatic heterocycles. The first-order valence-electron chi connectivity index (χ1n) is 9.42. The van der Waals surface area contributed by atoms with Crippen LogP contribution in [0.25, 0.3) is 0 Å². The third-order valence-corrected chi connectivity index (χ3v) is 6.91. The maximum atomic E-state index is 13.1. The number of hydrogen-bond donors (Lipinski definition) is 1. The zero-order valence-corrected chi connectivity index (χ0v) is 17.6. The summed E-state index contributed by atoms with van der Waals surface area (Å²) in [6, 6.07) is 9.56. The third-order valence-electron chi connectivity index (χ3n) is 4.75. The number of ether oxygens (including phenoxy) is 1. The van der Waals surface area contributed by atoms with Crippen LogP contribution < -0.4 is 10.1 Å². The standard InChI is InChI=1S/C22H22N2O2S2/c1-3-26-16-9-7-15(8-10-16)24-21(25)20-17-5-4-6-18(17)28-22(20)23-13-19-14(2)11-12-27-19/h7-13H,3-6H2,1-2H3,(H,24,25)/b23-13+. The van der Waals surface area contributed by atoms with Crippen LogP contribution in [-0.4, -0.2) is 18.7 Å². The lowest BCUT2D eigenvalue weighted by molar-refractivity contribution is 0.102. The van der Waals surface area contributed by atoms with Crippen molar-refractivity contribution < 1.29 is 9.53 Å². The molecular formula is C22H22N2O2S2. The molecule has 4 rings (SSSR count). The molecule has 0 spiro atoms. The third kappa shape index (κ3) is 3.88. The predicted octanol–water partition coefficient (Wildman–Crippen LogP) is 6.01. The second-order valence-electron chi connectivity index (χ2n) is 6.68. The molecule has 1 aliphatic carbocycles. The Morgan fingerprint density at radius 3 is 2.79 bits per heavy atom. The van der Waals surface area contributed by atoms with E-state index in [1.54, 1.807) is 22.7 Å². The van der Waals surface area contributed by atoms with Crippen LogP contribution in [0.3, 0.4) is 0 Å². The van der Waals surface area contributed by atoms with Crippen LogP contribution in [0.1, 0.15) is 44.6 Å². The van der Waals surface area contributed by atoms with Crippen molar-refractivity contribution in [3.8, 4) is 5.75 Å². The van der Waals surface area contributed by atoms with Gasteiger partial charge in [-0.15, -0.1) is 22.7 Å². The number of nitrogens with one attached hydrogen (secondary N) is 1. The predicted molar refractivity (Wildman–Crippen MR) is 118 cm³/mol. The molecule has 2 heterocycles. The fourth-order valence-corrected chi connectivity index (χ4v) is 5.36. The van der Waals surface area contributed by atoms with Crippen LogP contribution in [-0.2, 0) is 12.8 Å². The Morgan fingerprint density at radius 2 is 2.07 bits per heavy atom. The first kappa shape index (κ1) is 18.9. The van der Waals surface area contributed by atoms with E-state index in [0.717, 1.165) is 46.1 Å². The van der Waals surface area contributed by atoms with Crippen molar-refractivity contribution >= 4 is 45.5 Å². The van der Waals surface area contributed by atoms with Gasteiger partial charge in [-0.25, -0.2) is 4.99 Å². The van der Waals surface area contributed by atoms with E-state index in [0.29, 0.717) is 6.61 Å². The minimum absolute atomic E-state index is 0.0846. The van der Waals surface area contributed by atoms with Crippen LogP contribution in [0.5, 0.6) is 5.75 Å². The van der Waals surface area contributed by atoms with Crippen molar-refractivity contribution in [2.75, 3.05) is 11.9 Å². The number of carbonyl (C=O) groups excluding carboxylic acids is 1. The Balaban J connectivity index is 1.60. The Kier molecular flexibility index (Phi) is 5.59. The summed E-state index contributed by atoms with van der Waals surface area (Å²) in [5.74, 6) is 0.715. The Labute approximate surface area is 172 Å². The molecule has 144 valence electrons. The molecule has 4 nitrogen and oxygen atoms in total. The van der Waals surface area contributed by atoms with E-state index in [1.807, 2.05) is 37.4 Å². The molecule has 28 heavy (non-hydrogen) atoms. The minimum atomic E-state index is -0.0846. The fraction of sp³-hybridized carbons (Fsp3) is 0.273. The monoisotopic (exact) mass is 410 g/mol. The van der Waals surface area contributed by atoms with Crippen LogP contribution in [0.15, 0.2) is 40.7 Å². The van der Waals surface area contributed by atoms with E-state index in [2.05, 4.69) is 23.7 Å². The Bertz CT molecular complexity index is 1020. The summed E-state index contributed by atoms with van der Waals surface area (Å²) in [6.07, 6.45) is 4.98. The number of aryl methyl sites for hydroxylation is 2. The second kappa shape index (κ2) is 8.29. The molecule has 1 amide bonds. The molecule has 0 atom stereocenters. The first-order valence-corrected chi connectivity index (χ1v) is 11.1. The van der Waals surface area contributed by atoms with E-state index in [4.69, 9.17) is 9.73 Å². The highest BCUT2D eigenvalue weighted by Crippen LogP contribution is 2.41. The van der Waals surface area contributed by atoms with E-state index >= 15 is 0 Å². The molecule has 2 aromatic heterocycles. The number of anilines is 1. The lowest BCUT2D eigenvalue weighted by Gasteiger charge is -2.08. The van der Waals surface area contributed by atoms with Gasteiger partial charge in [0.2, 0.25) is 0 Å². The number of carbonyl (C=O) groups is 1. The van der Waals surface area contributed by atoms with Gasteiger partial charge in [0.25, 0.3) is 5.91 Å². The fourth-order valence-electron chi connectivity index (χ4n) is 3.34. The van der Waals surface area contributed by atoms with Crippen molar-refractivity contribution in [2.24, 2.45) is 4.99 Å². The highest BCUT2D eigenvalue weighted by atomic mass is 32.1. The van der Waals surface area contributed by atoms with E-state index in [1.165, 1.54) is 16.0 Å². The lowest BCUT2D eigenvalue weighted by Crippen LogP contribution is -2.13. The van der Waals surface area contributed by atoms with Gasteiger partial charge in [-0.1, -0.05) is 0 Å². The van der Waals surface area contributed by atoms with Gasteiger partial charge < -0.3 is 10.1 Å². The molecule has 0 fully saturated rings. The van der Waals surface area contributed by atoms with Gasteiger partial charge in [-0.2, -0.15) is 0 Å². The molecule has 1 aromatic carbocycles. The Hall–Kier alpha value is -2.44. The Morgan fingerprint density at radius 1 is 1.25 bits per heavy atom. The second-order valence-corrected chi connectivity index (χ2v) is 8.71. The maximum Gasteiger partial charge on any atom is 0.259 e. The highest BCUT2D eigenvalue weighted by molar-refractivity contribution is 7.16. The molecule has 1 N–H and O–H groups in total. The number of nitrogens with zero attached hydrogens (tertiary/aromatic N) is 1. The van der Waals surface area contributed by atoms with Gasteiger partial charge in [0.05, 0.1) is 12.2 Å². The first-order chi connectivity index (χ1) is 13.7. The van der Waals surface area contributed by atoms with Gasteiger partial charge in [0, 0.05) is 21.7 Å². The van der Waals surface area contributed by atoms with Gasteiger partial charge in [-0.05, 0) is 79.9 Å². The van der Waals surface area contributed by atoms with Crippen molar-refractivity contribution in [2.45, 2.75) is 33.1 Å². The maximum absolute atomic E-state index is 13.1. The summed E-state index contributed by atoms with van der Waals surface area (Å²) in [4.78, 5) is 20.2. The zero-order valence-electron chi connectivity index (χ0n) is 16.0. The number of fused-ring (bicyclic) bond motifs is 1. The van der Waals surface area contributed by atoms with Crippen LogP contribution in [0.4, 0.5) is 10.7 Å². The molecular weight excluding hydrogens is 388 g/mol. The van der Waals surface area contributed by atoms with Crippen molar-refractivity contribution in [1.82, 2.24) is 0 Å². The highest BCUT2D eigenvalue weighted by Gasteiger charge is 2.26. The van der Waals surface area contributed by atoms with Crippen molar-refractivity contribution in [3.63, 3.8) is 0 Å². The number of thiophene rings is 2. The number of rotatable bonds is 6. The summed E-state index contributed by atoms with van der Waals surface area (Å²) < 4.78 is 5.47. The van der Waals surface area contributed by atoms with E-state index < -0.39 is 0 Å². The normalized spacial score (nSPS) is 13.1. The number of hydrogen-bond acceptors (Lipinski definition) is 5. The zero-order chi connectivity index (χ0) is 19.5. The molecule has 0 saturated heterocycles. The average molecular weight is 411 g/mol. The van der Waals surface area contributed by atoms with Crippen LogP contribution in [0.2, 0.25) is 0 Å². The minimum Gasteiger partial charge on any atom is -0.494 e. The van der Waals surface area contributed by atoms with Gasteiger partial charge in [0.15, 0.2) is 0 Å². The summed E-state index contributed by atoms with van der Waals surface area (Å²) in [5, 5.41) is 5.90. The van der Waals surface area contributed by atoms with Crippen molar-refractivity contribution in [1.29, 1.82) is 0 Å². The molecule has 6 heteroatoms. The lowest BCUT2D eigenvalue weighted by atomic mass is 10.1. The van der Waals surface area contributed by atoms with Gasteiger partial charge >= 0.3 is 0 Å². The number of benzene rings is 1. The summed E-state index contributed by atoms with van der Waals surface area (Å²) in [6.45, 7) is 4.65. The molecule has 3 aromatic rings. The SMILES string of the molecule is CCOc1ccc(NC(=O)c2c(/N=C/c3sccc3C)sc3c2CCC3)cc1. The largest absolute Gasteiger partial charge is 0.494 e. The van der Waals surface area contributed by atoms with Crippen LogP contribution >= 0.6 is 22.7 Å². The van der Waals surface area contributed by atoms with Crippen LogP contribution in [0, 0.1) is 6.92 Å². The molecule has 0 radical (unpaired) electrons. The summed E-state index contributed by atoms with van der Waals surface area (Å²) in [7, 11) is 0. The van der Waals surface area contributed by atoms with E-state index in [9.17, 15) is 4.79 Å². The number of aliphatic imine (C=N–C) groups is 1. The smallest absolute Gasteiger partial charge is 0.259 e. The summed E-state index contributed by atoms with van der Waals surface area (Å²) in [5.41, 5.74) is 3.87. The number of amides is 1. The quantitative estimate of drug-likeness (QED) is 0.506. The van der Waals surface area contributed by atoms with Gasteiger partial charge in [0.1, 0.15) is 10.8 Å². The molecule has 0 saturated carbocycles. The molecule has 0 bridgehead atoms. The average Bonchev–Trinajstić information content (AvgIpc) is 3.37. The van der Waals surface area contributed by atoms with Gasteiger partial charge in [-0.3, -0.25) is 4.79 Å². The van der Waals surface area contributed by atoms with E-state index in [-0.39, 0.29) is 5.91 Å². The van der Waals surface area contributed by atoms with Crippen molar-refractivity contribution in [3.05, 3.63) is 62.2 Å².